The zero-order chi connectivity index (χ0) is 20.2. The molecule has 1 heterocycles. The van der Waals surface area contributed by atoms with Crippen molar-refractivity contribution in [1.82, 2.24) is 5.32 Å². The van der Waals surface area contributed by atoms with E-state index in [4.69, 9.17) is 14.2 Å². The minimum Gasteiger partial charge on any atom is -0.455 e. The third-order valence-electron chi connectivity index (χ3n) is 4.36. The molecular weight excluding hydrogens is 346 g/mol. The van der Waals surface area contributed by atoms with E-state index >= 15 is 0 Å². The summed E-state index contributed by atoms with van der Waals surface area (Å²) in [5.41, 5.74) is 0.946. The number of hydrogen-bond acceptors (Lipinski definition) is 5. The normalized spacial score (nSPS) is 26.5. The highest BCUT2D eigenvalue weighted by Gasteiger charge is 2.42. The van der Waals surface area contributed by atoms with Gasteiger partial charge in [0.25, 0.3) is 0 Å². The Morgan fingerprint density at radius 1 is 1.19 bits per heavy atom. The molecule has 27 heavy (non-hydrogen) atoms. The summed E-state index contributed by atoms with van der Waals surface area (Å²) < 4.78 is 17.2. The molecule has 0 aromatic carbocycles. The number of esters is 1. The third kappa shape index (κ3) is 8.10. The predicted octanol–water partition coefficient (Wildman–Crippen LogP) is 2.94. The van der Waals surface area contributed by atoms with Crippen LogP contribution in [0.3, 0.4) is 0 Å². The molecule has 6 nitrogen and oxygen atoms in total. The molecule has 1 N–H and O–H groups in total. The van der Waals surface area contributed by atoms with Gasteiger partial charge in [-0.05, 0) is 18.9 Å². The summed E-state index contributed by atoms with van der Waals surface area (Å²) in [5, 5.41) is 2.45. The molecule has 0 aromatic heterocycles. The molecule has 1 saturated heterocycles. The minimum absolute atomic E-state index is 0.0881. The Balaban J connectivity index is 2.85. The molecule has 0 aliphatic carbocycles. The van der Waals surface area contributed by atoms with E-state index in [1.165, 1.54) is 6.92 Å². The van der Waals surface area contributed by atoms with Gasteiger partial charge in [-0.1, -0.05) is 50.6 Å². The fraction of sp³-hybridized carbons (Fsp3) is 0.619. The van der Waals surface area contributed by atoms with Crippen molar-refractivity contribution in [1.29, 1.82) is 0 Å². The molecule has 0 bridgehead atoms. The van der Waals surface area contributed by atoms with Crippen molar-refractivity contribution in [2.24, 2.45) is 5.92 Å². The maximum Gasteiger partial charge on any atom is 0.325 e. The number of allylic oxidation sites excluding steroid dienone is 5. The van der Waals surface area contributed by atoms with E-state index < -0.39 is 18.2 Å². The van der Waals surface area contributed by atoms with Crippen LogP contribution < -0.4 is 5.32 Å². The molecule has 1 amide bonds. The molecule has 152 valence electrons. The van der Waals surface area contributed by atoms with E-state index in [2.05, 4.69) is 18.3 Å². The fourth-order valence-electron chi connectivity index (χ4n) is 2.92. The second kappa shape index (κ2) is 12.5. The Kier molecular flexibility index (Phi) is 10.7. The van der Waals surface area contributed by atoms with E-state index in [0.29, 0.717) is 6.61 Å². The standard InChI is InChI=1S/C21H33NO5/c1-6-7-8-9-10-11-12-15(2)20-21(19(25-5)16(3)14-26-20)27-18(24)13-22-17(4)23/h8-12,16,19-21H,6-7,13-14H2,1-5H3,(H,22,23). The number of hydrogen-bond donors (Lipinski definition) is 1. The number of rotatable bonds is 9. The second-order valence-corrected chi connectivity index (χ2v) is 6.81. The van der Waals surface area contributed by atoms with Crippen LogP contribution in [0.1, 0.15) is 40.5 Å². The summed E-state index contributed by atoms with van der Waals surface area (Å²) in [4.78, 5) is 23.1. The lowest BCUT2D eigenvalue weighted by molar-refractivity contribution is -0.191. The van der Waals surface area contributed by atoms with E-state index in [0.717, 1.165) is 18.4 Å². The molecule has 0 radical (unpaired) electrons. The number of ether oxygens (including phenoxy) is 3. The van der Waals surface area contributed by atoms with Crippen LogP contribution in [0.5, 0.6) is 0 Å². The lowest BCUT2D eigenvalue weighted by Gasteiger charge is -2.40. The van der Waals surface area contributed by atoms with Crippen molar-refractivity contribution in [3.63, 3.8) is 0 Å². The van der Waals surface area contributed by atoms with Gasteiger partial charge >= 0.3 is 5.97 Å². The summed E-state index contributed by atoms with van der Waals surface area (Å²) in [6.07, 6.45) is 10.9. The van der Waals surface area contributed by atoms with Crippen molar-refractivity contribution in [2.75, 3.05) is 20.3 Å². The van der Waals surface area contributed by atoms with Gasteiger partial charge in [-0.2, -0.15) is 0 Å². The average Bonchev–Trinajstić information content (AvgIpc) is 2.63. The van der Waals surface area contributed by atoms with Crippen LogP contribution in [0.2, 0.25) is 0 Å². The number of carbonyl (C=O) groups is 2. The van der Waals surface area contributed by atoms with Crippen molar-refractivity contribution in [2.45, 2.75) is 58.8 Å². The van der Waals surface area contributed by atoms with Crippen LogP contribution in [0.15, 0.2) is 36.0 Å². The van der Waals surface area contributed by atoms with E-state index in [-0.39, 0.29) is 24.5 Å². The first kappa shape index (κ1) is 23.1. The summed E-state index contributed by atoms with van der Waals surface area (Å²) in [7, 11) is 1.61. The van der Waals surface area contributed by atoms with Gasteiger partial charge in [0, 0.05) is 20.0 Å². The second-order valence-electron chi connectivity index (χ2n) is 6.81. The lowest BCUT2D eigenvalue weighted by atomic mass is 9.90. The van der Waals surface area contributed by atoms with Gasteiger partial charge in [-0.15, -0.1) is 0 Å². The zero-order valence-corrected chi connectivity index (χ0v) is 17.1. The van der Waals surface area contributed by atoms with Crippen molar-refractivity contribution in [3.8, 4) is 0 Å². The molecular formula is C21H33NO5. The van der Waals surface area contributed by atoms with Crippen LogP contribution in [0, 0.1) is 5.92 Å². The number of amides is 1. The van der Waals surface area contributed by atoms with Crippen LogP contribution >= 0.6 is 0 Å². The predicted molar refractivity (Wildman–Crippen MR) is 105 cm³/mol. The third-order valence-corrected chi connectivity index (χ3v) is 4.36. The van der Waals surface area contributed by atoms with Gasteiger partial charge in [-0.3, -0.25) is 9.59 Å². The maximum atomic E-state index is 12.1. The molecule has 6 heteroatoms. The molecule has 1 rings (SSSR count). The van der Waals surface area contributed by atoms with Crippen molar-refractivity contribution < 1.29 is 23.8 Å². The highest BCUT2D eigenvalue weighted by Crippen LogP contribution is 2.29. The van der Waals surface area contributed by atoms with Crippen LogP contribution in [0.25, 0.3) is 0 Å². The van der Waals surface area contributed by atoms with E-state index in [1.807, 2.05) is 38.2 Å². The molecule has 0 aromatic rings. The first-order valence-electron chi connectivity index (χ1n) is 9.49. The first-order valence-corrected chi connectivity index (χ1v) is 9.49. The summed E-state index contributed by atoms with van der Waals surface area (Å²) >= 11 is 0. The first-order chi connectivity index (χ1) is 12.9. The number of carbonyl (C=O) groups excluding carboxylic acids is 2. The Morgan fingerprint density at radius 2 is 1.93 bits per heavy atom. The maximum absolute atomic E-state index is 12.1. The Bertz CT molecular complexity index is 567. The minimum atomic E-state index is -0.569. The van der Waals surface area contributed by atoms with Gasteiger partial charge in [-0.25, -0.2) is 0 Å². The number of nitrogens with one attached hydrogen (secondary N) is 1. The van der Waals surface area contributed by atoms with Gasteiger partial charge in [0.15, 0.2) is 6.10 Å². The highest BCUT2D eigenvalue weighted by molar-refractivity contribution is 5.80. The Hall–Kier alpha value is -1.92. The average molecular weight is 379 g/mol. The van der Waals surface area contributed by atoms with E-state index in [9.17, 15) is 9.59 Å². The quantitative estimate of drug-likeness (QED) is 0.492. The van der Waals surface area contributed by atoms with Gasteiger partial charge in [0.1, 0.15) is 18.8 Å². The van der Waals surface area contributed by atoms with Gasteiger partial charge < -0.3 is 19.5 Å². The molecule has 4 atom stereocenters. The smallest absolute Gasteiger partial charge is 0.325 e. The SMILES string of the molecule is CCCC=CC=CC=C(C)C1OCC(C)C(OC)C1OC(=O)CNC(C)=O. The zero-order valence-electron chi connectivity index (χ0n) is 17.1. The topological polar surface area (TPSA) is 73.9 Å². The molecule has 1 aliphatic rings. The molecule has 0 saturated carbocycles. The summed E-state index contributed by atoms with van der Waals surface area (Å²) in [6.45, 7) is 7.79. The van der Waals surface area contributed by atoms with Crippen molar-refractivity contribution >= 4 is 11.9 Å². The Labute approximate surface area is 162 Å². The molecule has 1 fully saturated rings. The fourth-order valence-corrected chi connectivity index (χ4v) is 2.92. The number of methoxy groups -OCH3 is 1. The summed E-state index contributed by atoms with van der Waals surface area (Å²) in [6, 6.07) is 0. The van der Waals surface area contributed by atoms with Crippen LogP contribution in [-0.4, -0.2) is 50.4 Å². The van der Waals surface area contributed by atoms with Crippen LogP contribution in [-0.2, 0) is 23.8 Å². The lowest BCUT2D eigenvalue weighted by Crippen LogP contribution is -2.53. The number of unbranched alkanes of at least 4 members (excludes halogenated alkanes) is 1. The van der Waals surface area contributed by atoms with Crippen molar-refractivity contribution in [3.05, 3.63) is 36.0 Å². The van der Waals surface area contributed by atoms with Gasteiger partial charge in [0.05, 0.1) is 6.61 Å². The van der Waals surface area contributed by atoms with Crippen LogP contribution in [0.4, 0.5) is 0 Å². The molecule has 0 spiro atoms. The summed E-state index contributed by atoms with van der Waals surface area (Å²) in [5.74, 6) is -0.701. The Morgan fingerprint density at radius 3 is 2.56 bits per heavy atom. The monoisotopic (exact) mass is 379 g/mol. The molecule has 4 unspecified atom stereocenters. The van der Waals surface area contributed by atoms with E-state index in [1.54, 1.807) is 7.11 Å². The highest BCUT2D eigenvalue weighted by atomic mass is 16.6. The largest absolute Gasteiger partial charge is 0.455 e. The van der Waals surface area contributed by atoms with Gasteiger partial charge in [0.2, 0.25) is 5.91 Å². The molecule has 1 aliphatic heterocycles.